The minimum atomic E-state index is -1.01. The van der Waals surface area contributed by atoms with Gasteiger partial charge in [0.1, 0.15) is 5.69 Å². The van der Waals surface area contributed by atoms with E-state index in [2.05, 4.69) is 10.3 Å². The van der Waals surface area contributed by atoms with E-state index >= 15 is 0 Å². The SMILES string of the molecule is Cc1cc(C(=O)O)ccc1NC(=O)c1ccc(Cl)cn1. The van der Waals surface area contributed by atoms with Crippen LogP contribution in [0.2, 0.25) is 5.02 Å². The lowest BCUT2D eigenvalue weighted by atomic mass is 10.1. The molecule has 0 saturated carbocycles. The first kappa shape index (κ1) is 14.0. The Morgan fingerprint density at radius 2 is 2.00 bits per heavy atom. The van der Waals surface area contributed by atoms with Crippen molar-refractivity contribution in [3.8, 4) is 0 Å². The summed E-state index contributed by atoms with van der Waals surface area (Å²) in [6.45, 7) is 1.72. The van der Waals surface area contributed by atoms with Crippen molar-refractivity contribution in [1.82, 2.24) is 4.98 Å². The molecule has 2 aromatic rings. The number of aryl methyl sites for hydroxylation is 1. The van der Waals surface area contributed by atoms with Crippen LogP contribution in [0, 0.1) is 6.92 Å². The molecule has 20 heavy (non-hydrogen) atoms. The van der Waals surface area contributed by atoms with Crippen LogP contribution in [0.25, 0.3) is 0 Å². The Morgan fingerprint density at radius 3 is 2.55 bits per heavy atom. The van der Waals surface area contributed by atoms with Gasteiger partial charge in [0.15, 0.2) is 0 Å². The number of nitrogens with zero attached hydrogens (tertiary/aromatic N) is 1. The second-order valence-corrected chi connectivity index (χ2v) is 4.59. The second kappa shape index (κ2) is 5.71. The fraction of sp³-hybridized carbons (Fsp3) is 0.0714. The molecule has 1 aromatic heterocycles. The van der Waals surface area contributed by atoms with Crippen LogP contribution >= 0.6 is 11.6 Å². The van der Waals surface area contributed by atoms with E-state index in [-0.39, 0.29) is 17.2 Å². The molecule has 0 fully saturated rings. The molecule has 0 radical (unpaired) electrons. The molecule has 6 heteroatoms. The van der Waals surface area contributed by atoms with Gasteiger partial charge in [-0.1, -0.05) is 11.6 Å². The van der Waals surface area contributed by atoms with Gasteiger partial charge in [0.05, 0.1) is 10.6 Å². The molecule has 0 bridgehead atoms. The third-order valence-corrected chi connectivity index (χ3v) is 2.91. The predicted molar refractivity (Wildman–Crippen MR) is 75.3 cm³/mol. The van der Waals surface area contributed by atoms with Crippen LogP contribution in [0.15, 0.2) is 36.5 Å². The van der Waals surface area contributed by atoms with Crippen LogP contribution in [-0.4, -0.2) is 22.0 Å². The summed E-state index contributed by atoms with van der Waals surface area (Å²) in [6, 6.07) is 7.56. The number of carbonyl (C=O) groups excluding carboxylic acids is 1. The lowest BCUT2D eigenvalue weighted by Crippen LogP contribution is -2.14. The Bertz CT molecular complexity index is 669. The highest BCUT2D eigenvalue weighted by Gasteiger charge is 2.10. The number of rotatable bonds is 3. The number of hydrogen-bond donors (Lipinski definition) is 2. The topological polar surface area (TPSA) is 79.3 Å². The van der Waals surface area contributed by atoms with Crippen molar-refractivity contribution in [2.24, 2.45) is 0 Å². The molecule has 0 aliphatic rings. The quantitative estimate of drug-likeness (QED) is 0.911. The molecular weight excluding hydrogens is 280 g/mol. The first-order valence-corrected chi connectivity index (χ1v) is 6.12. The summed E-state index contributed by atoms with van der Waals surface area (Å²) < 4.78 is 0. The lowest BCUT2D eigenvalue weighted by Gasteiger charge is -2.08. The maximum Gasteiger partial charge on any atom is 0.335 e. The molecule has 5 nitrogen and oxygen atoms in total. The van der Waals surface area contributed by atoms with Crippen LogP contribution in [0.5, 0.6) is 0 Å². The molecule has 102 valence electrons. The molecule has 0 aliphatic heterocycles. The maximum atomic E-state index is 12.0. The highest BCUT2D eigenvalue weighted by Crippen LogP contribution is 2.17. The fourth-order valence-corrected chi connectivity index (χ4v) is 1.75. The van der Waals surface area contributed by atoms with Crippen molar-refractivity contribution in [2.45, 2.75) is 6.92 Å². The minimum Gasteiger partial charge on any atom is -0.478 e. The van der Waals surface area contributed by atoms with Crippen molar-refractivity contribution in [2.75, 3.05) is 5.32 Å². The molecule has 1 aromatic carbocycles. The third kappa shape index (κ3) is 3.13. The van der Waals surface area contributed by atoms with Crippen LogP contribution in [-0.2, 0) is 0 Å². The van der Waals surface area contributed by atoms with Crippen LogP contribution in [0.1, 0.15) is 26.4 Å². The van der Waals surface area contributed by atoms with Gasteiger partial charge in [-0.2, -0.15) is 0 Å². The molecule has 1 amide bonds. The average molecular weight is 291 g/mol. The van der Waals surface area contributed by atoms with Crippen molar-refractivity contribution < 1.29 is 14.7 Å². The normalized spacial score (nSPS) is 10.1. The van der Waals surface area contributed by atoms with Gasteiger partial charge in [-0.25, -0.2) is 9.78 Å². The molecule has 0 atom stereocenters. The average Bonchev–Trinajstić information content (AvgIpc) is 2.41. The number of pyridine rings is 1. The van der Waals surface area contributed by atoms with Crippen LogP contribution < -0.4 is 5.32 Å². The summed E-state index contributed by atoms with van der Waals surface area (Å²) >= 11 is 5.70. The summed E-state index contributed by atoms with van der Waals surface area (Å²) in [4.78, 5) is 26.7. The van der Waals surface area contributed by atoms with E-state index in [1.54, 1.807) is 19.1 Å². The fourth-order valence-electron chi connectivity index (χ4n) is 1.63. The van der Waals surface area contributed by atoms with E-state index < -0.39 is 5.97 Å². The molecule has 0 spiro atoms. The zero-order valence-electron chi connectivity index (χ0n) is 10.6. The molecule has 2 rings (SSSR count). The Labute approximate surface area is 120 Å². The lowest BCUT2D eigenvalue weighted by molar-refractivity contribution is 0.0696. The zero-order chi connectivity index (χ0) is 14.7. The van der Waals surface area contributed by atoms with E-state index in [9.17, 15) is 9.59 Å². The summed E-state index contributed by atoms with van der Waals surface area (Å²) in [6.07, 6.45) is 1.39. The summed E-state index contributed by atoms with van der Waals surface area (Å²) in [5.74, 6) is -1.39. The van der Waals surface area contributed by atoms with Crippen LogP contribution in [0.4, 0.5) is 5.69 Å². The van der Waals surface area contributed by atoms with Crippen molar-refractivity contribution >= 4 is 29.2 Å². The van der Waals surface area contributed by atoms with Crippen molar-refractivity contribution in [3.05, 3.63) is 58.4 Å². The second-order valence-electron chi connectivity index (χ2n) is 4.15. The van der Waals surface area contributed by atoms with Crippen molar-refractivity contribution in [3.63, 3.8) is 0 Å². The van der Waals surface area contributed by atoms with Crippen LogP contribution in [0.3, 0.4) is 0 Å². The monoisotopic (exact) mass is 290 g/mol. The molecule has 2 N–H and O–H groups in total. The van der Waals surface area contributed by atoms with Gasteiger partial charge in [0.25, 0.3) is 5.91 Å². The smallest absolute Gasteiger partial charge is 0.335 e. The highest BCUT2D eigenvalue weighted by molar-refractivity contribution is 6.30. The number of halogens is 1. The molecule has 0 unspecified atom stereocenters. The summed E-state index contributed by atoms with van der Waals surface area (Å²) in [5, 5.41) is 12.0. The highest BCUT2D eigenvalue weighted by atomic mass is 35.5. The number of hydrogen-bond acceptors (Lipinski definition) is 3. The molecular formula is C14H11ClN2O3. The maximum absolute atomic E-state index is 12.0. The molecule has 1 heterocycles. The van der Waals surface area contributed by atoms with Gasteiger partial charge in [0.2, 0.25) is 0 Å². The minimum absolute atomic E-state index is 0.171. The predicted octanol–water partition coefficient (Wildman–Crippen LogP) is 2.99. The van der Waals surface area contributed by atoms with E-state index in [0.29, 0.717) is 16.3 Å². The summed E-state index contributed by atoms with van der Waals surface area (Å²) in [5.41, 5.74) is 1.60. The van der Waals surface area contributed by atoms with E-state index in [4.69, 9.17) is 16.7 Å². The Morgan fingerprint density at radius 1 is 1.25 bits per heavy atom. The first-order valence-electron chi connectivity index (χ1n) is 5.74. The number of carboxylic acids is 1. The number of amides is 1. The number of aromatic nitrogens is 1. The van der Waals surface area contributed by atoms with Gasteiger partial charge >= 0.3 is 5.97 Å². The number of nitrogens with one attached hydrogen (secondary N) is 1. The Balaban J connectivity index is 2.19. The first-order chi connectivity index (χ1) is 9.47. The van der Waals surface area contributed by atoms with E-state index in [1.807, 2.05) is 0 Å². The van der Waals surface area contributed by atoms with E-state index in [1.165, 1.54) is 24.4 Å². The Kier molecular flexibility index (Phi) is 4.00. The molecule has 0 aliphatic carbocycles. The van der Waals surface area contributed by atoms with Gasteiger partial charge in [-0.3, -0.25) is 4.79 Å². The van der Waals surface area contributed by atoms with Gasteiger partial charge in [0, 0.05) is 11.9 Å². The summed E-state index contributed by atoms with van der Waals surface area (Å²) in [7, 11) is 0. The largest absolute Gasteiger partial charge is 0.478 e. The number of anilines is 1. The number of carboxylic acid groups (broad SMARTS) is 1. The standard InChI is InChI=1S/C14H11ClN2O3/c1-8-6-9(14(19)20)2-4-11(8)17-13(18)12-5-3-10(15)7-16-12/h2-7H,1H3,(H,17,18)(H,19,20). The Hall–Kier alpha value is -2.40. The number of benzene rings is 1. The molecule has 0 saturated heterocycles. The van der Waals surface area contributed by atoms with Gasteiger partial charge in [-0.15, -0.1) is 0 Å². The van der Waals surface area contributed by atoms with E-state index in [0.717, 1.165) is 0 Å². The number of aromatic carboxylic acids is 1. The number of carbonyl (C=O) groups is 2. The van der Waals surface area contributed by atoms with Gasteiger partial charge in [-0.05, 0) is 42.8 Å². The third-order valence-electron chi connectivity index (χ3n) is 2.68. The van der Waals surface area contributed by atoms with Gasteiger partial charge < -0.3 is 10.4 Å². The van der Waals surface area contributed by atoms with Crippen molar-refractivity contribution in [1.29, 1.82) is 0 Å². The zero-order valence-corrected chi connectivity index (χ0v) is 11.3.